The van der Waals surface area contributed by atoms with Crippen molar-refractivity contribution in [1.82, 2.24) is 5.32 Å². The number of aliphatic hydroxyl groups excluding tert-OH is 2. The molecule has 0 aliphatic rings. The van der Waals surface area contributed by atoms with E-state index in [0.29, 0.717) is 6.42 Å². The molecule has 1 amide bonds. The summed E-state index contributed by atoms with van der Waals surface area (Å²) in [5, 5.41) is 23.0. The molecule has 0 bridgehead atoms. The lowest BCUT2D eigenvalue weighted by Crippen LogP contribution is -2.45. The van der Waals surface area contributed by atoms with E-state index in [1.807, 2.05) is 6.08 Å². The lowest BCUT2D eigenvalue weighted by atomic mass is 10.1. The SMILES string of the molecule is CC/C=C\C/C=C\C/C=C\C/C=C\C/C=C\C/C=C\C/C=C\C/C=C\C/C=C\CCCCCCCC(=O)NC(CO)C(O)/C=C/CC/C=C/CC/C=C/CCCCCCCCCC. The van der Waals surface area contributed by atoms with Crippen LogP contribution in [-0.2, 0) is 4.79 Å². The fraction of sp³-hybridized carbons (Fsp3) is 0.576. The molecule has 0 fully saturated rings. The number of rotatable bonds is 44. The maximum absolute atomic E-state index is 12.4. The zero-order chi connectivity index (χ0) is 45.6. The first-order valence-corrected chi connectivity index (χ1v) is 25.5. The summed E-state index contributed by atoms with van der Waals surface area (Å²) in [4.78, 5) is 12.4. The van der Waals surface area contributed by atoms with Crippen molar-refractivity contribution in [2.24, 2.45) is 0 Å². The van der Waals surface area contributed by atoms with Crippen LogP contribution in [0.15, 0.2) is 146 Å². The highest BCUT2D eigenvalue weighted by Gasteiger charge is 2.17. The van der Waals surface area contributed by atoms with Gasteiger partial charge in [0, 0.05) is 6.42 Å². The molecule has 4 heteroatoms. The van der Waals surface area contributed by atoms with Crippen LogP contribution in [0.25, 0.3) is 0 Å². The highest BCUT2D eigenvalue weighted by atomic mass is 16.3. The number of aliphatic hydroxyl groups is 2. The minimum absolute atomic E-state index is 0.104. The Hall–Kier alpha value is -3.73. The monoisotopic (exact) mass is 866 g/mol. The van der Waals surface area contributed by atoms with Gasteiger partial charge >= 0.3 is 0 Å². The molecule has 0 radical (unpaired) electrons. The number of amides is 1. The summed E-state index contributed by atoms with van der Waals surface area (Å²) in [6, 6.07) is -0.668. The summed E-state index contributed by atoms with van der Waals surface area (Å²) in [5.74, 6) is -0.104. The van der Waals surface area contributed by atoms with E-state index in [1.54, 1.807) is 6.08 Å². The Morgan fingerprint density at radius 2 is 0.714 bits per heavy atom. The van der Waals surface area contributed by atoms with Crippen LogP contribution < -0.4 is 5.32 Å². The van der Waals surface area contributed by atoms with Gasteiger partial charge in [-0.15, -0.1) is 0 Å². The first-order valence-electron chi connectivity index (χ1n) is 25.5. The molecule has 0 aromatic heterocycles. The van der Waals surface area contributed by atoms with E-state index in [2.05, 4.69) is 153 Å². The standard InChI is InChI=1S/C59H95NO3/c1-3-5-7-9-11-13-15-17-19-21-23-24-25-26-27-28-29-30-31-32-33-34-35-36-37-39-41-43-45-47-49-51-53-55-59(63)60-57(56-61)58(62)54-52-50-48-46-44-42-40-38-22-20-18-16-14-12-10-8-6-4-2/h5,7,11,13,17,19,22-24,26-27,29-30,32-33,35-36,38-39,41,44,46,52,54,57-58,61-62H,3-4,6,8-10,12,14-16,18,20-21,25,28,31,34,37,40,42-43,45,47-51,53,55-56H2,1-2H3,(H,60,63)/b7-5-,13-11-,19-17-,24-23-,27-26-,30-29-,33-32-,36-35-,38-22+,41-39-,46-44+,54-52+. The molecule has 0 saturated carbocycles. The van der Waals surface area contributed by atoms with Crippen LogP contribution in [0.1, 0.15) is 200 Å². The van der Waals surface area contributed by atoms with Crippen molar-refractivity contribution in [3.63, 3.8) is 0 Å². The third-order valence-electron chi connectivity index (χ3n) is 10.5. The average molecular weight is 866 g/mol. The Bertz CT molecular complexity index is 1350. The molecule has 0 aromatic rings. The van der Waals surface area contributed by atoms with Crippen molar-refractivity contribution < 1.29 is 15.0 Å². The van der Waals surface area contributed by atoms with Gasteiger partial charge < -0.3 is 15.5 Å². The third kappa shape index (κ3) is 49.1. The second-order valence-corrected chi connectivity index (χ2v) is 16.5. The van der Waals surface area contributed by atoms with Crippen LogP contribution in [0, 0.1) is 0 Å². The van der Waals surface area contributed by atoms with E-state index < -0.39 is 12.1 Å². The van der Waals surface area contributed by atoms with Crippen LogP contribution in [-0.4, -0.2) is 34.9 Å². The molecule has 0 aliphatic heterocycles. The second kappa shape index (κ2) is 52.6. The molecule has 0 aliphatic carbocycles. The number of hydrogen-bond donors (Lipinski definition) is 3. The van der Waals surface area contributed by atoms with E-state index >= 15 is 0 Å². The normalized spacial score (nSPS) is 14.2. The molecule has 0 heterocycles. The second-order valence-electron chi connectivity index (χ2n) is 16.5. The lowest BCUT2D eigenvalue weighted by Gasteiger charge is -2.19. The number of carbonyl (C=O) groups is 1. The van der Waals surface area contributed by atoms with Gasteiger partial charge in [-0.1, -0.05) is 224 Å². The van der Waals surface area contributed by atoms with Crippen LogP contribution in [0.5, 0.6) is 0 Å². The Labute approximate surface area is 389 Å². The molecule has 63 heavy (non-hydrogen) atoms. The van der Waals surface area contributed by atoms with Crippen LogP contribution in [0.2, 0.25) is 0 Å². The molecule has 2 unspecified atom stereocenters. The van der Waals surface area contributed by atoms with E-state index in [4.69, 9.17) is 0 Å². The molecule has 4 nitrogen and oxygen atoms in total. The molecule has 0 rings (SSSR count). The molecule has 3 N–H and O–H groups in total. The van der Waals surface area contributed by atoms with Crippen molar-refractivity contribution in [3.05, 3.63) is 146 Å². The molecule has 2 atom stereocenters. The lowest BCUT2D eigenvalue weighted by molar-refractivity contribution is -0.123. The largest absolute Gasteiger partial charge is 0.394 e. The molecule has 354 valence electrons. The Morgan fingerprint density at radius 3 is 1.11 bits per heavy atom. The first kappa shape index (κ1) is 59.3. The van der Waals surface area contributed by atoms with Crippen LogP contribution >= 0.6 is 0 Å². The van der Waals surface area contributed by atoms with E-state index in [1.165, 1.54) is 64.2 Å². The van der Waals surface area contributed by atoms with Gasteiger partial charge in [0.05, 0.1) is 18.8 Å². The van der Waals surface area contributed by atoms with Gasteiger partial charge in [0.2, 0.25) is 5.91 Å². The molecule has 0 aromatic carbocycles. The highest BCUT2D eigenvalue weighted by Crippen LogP contribution is 2.11. The topological polar surface area (TPSA) is 69.6 Å². The number of carbonyl (C=O) groups excluding carboxylic acids is 1. The van der Waals surface area contributed by atoms with Crippen molar-refractivity contribution in [3.8, 4) is 0 Å². The number of nitrogens with one attached hydrogen (secondary N) is 1. The minimum Gasteiger partial charge on any atom is -0.394 e. The molecular formula is C59H95NO3. The van der Waals surface area contributed by atoms with E-state index in [9.17, 15) is 15.0 Å². The quantitative estimate of drug-likeness (QED) is 0.0422. The fourth-order valence-electron chi connectivity index (χ4n) is 6.67. The number of allylic oxidation sites excluding steroid dienone is 23. The summed E-state index contributed by atoms with van der Waals surface area (Å²) in [7, 11) is 0. The van der Waals surface area contributed by atoms with Gasteiger partial charge in [-0.3, -0.25) is 4.79 Å². The third-order valence-corrected chi connectivity index (χ3v) is 10.5. The van der Waals surface area contributed by atoms with Gasteiger partial charge in [-0.2, -0.15) is 0 Å². The van der Waals surface area contributed by atoms with Gasteiger partial charge in [-0.05, 0) is 116 Å². The van der Waals surface area contributed by atoms with Crippen molar-refractivity contribution in [1.29, 1.82) is 0 Å². The van der Waals surface area contributed by atoms with Gasteiger partial charge in [0.1, 0.15) is 0 Å². The van der Waals surface area contributed by atoms with Gasteiger partial charge in [0.25, 0.3) is 0 Å². The summed E-state index contributed by atoms with van der Waals surface area (Å²) in [6.07, 6.45) is 84.0. The van der Waals surface area contributed by atoms with Crippen molar-refractivity contribution in [2.75, 3.05) is 6.61 Å². The van der Waals surface area contributed by atoms with Crippen molar-refractivity contribution >= 4 is 5.91 Å². The van der Waals surface area contributed by atoms with Crippen molar-refractivity contribution in [2.45, 2.75) is 212 Å². The van der Waals surface area contributed by atoms with E-state index in [-0.39, 0.29) is 12.5 Å². The average Bonchev–Trinajstić information content (AvgIpc) is 3.29. The molecular weight excluding hydrogens is 771 g/mol. The summed E-state index contributed by atoms with van der Waals surface area (Å²) < 4.78 is 0. The Balaban J connectivity index is 3.74. The van der Waals surface area contributed by atoms with Crippen LogP contribution in [0.4, 0.5) is 0 Å². The van der Waals surface area contributed by atoms with Crippen LogP contribution in [0.3, 0.4) is 0 Å². The fourth-order valence-corrected chi connectivity index (χ4v) is 6.67. The summed E-state index contributed by atoms with van der Waals surface area (Å²) in [6.45, 7) is 4.15. The van der Waals surface area contributed by atoms with Gasteiger partial charge in [0.15, 0.2) is 0 Å². The smallest absolute Gasteiger partial charge is 0.220 e. The number of unbranched alkanes of at least 4 members (excludes halogenated alkanes) is 15. The van der Waals surface area contributed by atoms with E-state index in [0.717, 1.165) is 116 Å². The first-order chi connectivity index (χ1) is 31.2. The summed E-state index contributed by atoms with van der Waals surface area (Å²) in [5.41, 5.74) is 0. The highest BCUT2D eigenvalue weighted by molar-refractivity contribution is 5.76. The minimum atomic E-state index is -0.890. The Morgan fingerprint density at radius 1 is 0.397 bits per heavy atom. The zero-order valence-corrected chi connectivity index (χ0v) is 40.5. The predicted octanol–water partition coefficient (Wildman–Crippen LogP) is 16.9. The maximum Gasteiger partial charge on any atom is 0.220 e. The summed E-state index contributed by atoms with van der Waals surface area (Å²) >= 11 is 0. The maximum atomic E-state index is 12.4. The Kier molecular flexibility index (Phi) is 49.5. The predicted molar refractivity (Wildman–Crippen MR) is 280 cm³/mol. The van der Waals surface area contributed by atoms with Gasteiger partial charge in [-0.25, -0.2) is 0 Å². The zero-order valence-electron chi connectivity index (χ0n) is 40.5. The molecule has 0 spiro atoms. The molecule has 0 saturated heterocycles. The number of hydrogen-bond acceptors (Lipinski definition) is 3.